The maximum atomic E-state index is 12.3. The number of halogens is 1. The summed E-state index contributed by atoms with van der Waals surface area (Å²) < 4.78 is 2.11. The van der Waals surface area contributed by atoms with E-state index in [2.05, 4.69) is 30.6 Å². The van der Waals surface area contributed by atoms with Crippen molar-refractivity contribution in [1.82, 2.24) is 29.9 Å². The van der Waals surface area contributed by atoms with Gasteiger partial charge in [0.15, 0.2) is 10.8 Å². The van der Waals surface area contributed by atoms with Crippen LogP contribution in [-0.2, 0) is 4.79 Å². The molecule has 142 valence electrons. The molecular weight excluding hydrogens is 410 g/mol. The average Bonchev–Trinajstić information content (AvgIpc) is 3.27. The number of carbonyl (C=O) groups excluding carboxylic acids is 1. The van der Waals surface area contributed by atoms with Crippen molar-refractivity contribution in [2.75, 3.05) is 11.1 Å². The molecule has 0 unspecified atom stereocenters. The first-order chi connectivity index (χ1) is 13.1. The third-order valence-electron chi connectivity index (χ3n) is 4.35. The standard InChI is InChI=1S/C15H16ClN7O2S2/c16-13-21-22-15(27-13)18-10(24)7-26-14-19-11-9(12(25)20-14)6-17-23(11)8-4-2-1-3-5-8/h6,8H,1-5,7H2,(H,18,22,24)(H,19,20,25). The lowest BCUT2D eigenvalue weighted by Crippen LogP contribution is -2.17. The second-order valence-electron chi connectivity index (χ2n) is 6.19. The van der Waals surface area contributed by atoms with Crippen LogP contribution >= 0.6 is 34.7 Å². The number of fused-ring (bicyclic) bond motifs is 1. The predicted octanol–water partition coefficient (Wildman–Crippen LogP) is 2.86. The molecule has 1 saturated carbocycles. The number of carbonyl (C=O) groups is 1. The highest BCUT2D eigenvalue weighted by Crippen LogP contribution is 2.29. The van der Waals surface area contributed by atoms with E-state index in [0.29, 0.717) is 21.3 Å². The van der Waals surface area contributed by atoms with Crippen LogP contribution in [0.4, 0.5) is 5.13 Å². The number of anilines is 1. The van der Waals surface area contributed by atoms with Crippen LogP contribution in [0.15, 0.2) is 16.1 Å². The highest BCUT2D eigenvalue weighted by Gasteiger charge is 2.20. The maximum absolute atomic E-state index is 12.3. The van der Waals surface area contributed by atoms with E-state index in [-0.39, 0.29) is 27.7 Å². The van der Waals surface area contributed by atoms with Gasteiger partial charge in [0.05, 0.1) is 18.0 Å². The molecule has 0 aliphatic heterocycles. The Balaban J connectivity index is 1.50. The van der Waals surface area contributed by atoms with Crippen molar-refractivity contribution in [3.05, 3.63) is 21.0 Å². The van der Waals surface area contributed by atoms with Crippen molar-refractivity contribution >= 4 is 56.8 Å². The molecule has 4 rings (SSSR count). The van der Waals surface area contributed by atoms with Gasteiger partial charge < -0.3 is 4.98 Å². The summed E-state index contributed by atoms with van der Waals surface area (Å²) in [5, 5.41) is 15.5. The topological polar surface area (TPSA) is 118 Å². The van der Waals surface area contributed by atoms with Crippen molar-refractivity contribution in [2.24, 2.45) is 0 Å². The second kappa shape index (κ2) is 7.95. The third-order valence-corrected chi connectivity index (χ3v) is 6.16. The van der Waals surface area contributed by atoms with Gasteiger partial charge in [-0.3, -0.25) is 14.9 Å². The van der Waals surface area contributed by atoms with Gasteiger partial charge in [0.2, 0.25) is 15.5 Å². The first-order valence-corrected chi connectivity index (χ1v) is 10.7. The van der Waals surface area contributed by atoms with Gasteiger partial charge in [-0.1, -0.05) is 42.4 Å². The van der Waals surface area contributed by atoms with E-state index >= 15 is 0 Å². The SMILES string of the molecule is O=C(CSc1nc2c(cnn2C2CCCCC2)c(=O)[nH]1)Nc1nnc(Cl)s1. The van der Waals surface area contributed by atoms with Crippen LogP contribution in [0, 0.1) is 0 Å². The van der Waals surface area contributed by atoms with Crippen molar-refractivity contribution in [2.45, 2.75) is 43.3 Å². The minimum atomic E-state index is -0.281. The van der Waals surface area contributed by atoms with Gasteiger partial charge in [-0.2, -0.15) is 5.10 Å². The lowest BCUT2D eigenvalue weighted by molar-refractivity contribution is -0.113. The van der Waals surface area contributed by atoms with E-state index in [0.717, 1.165) is 48.8 Å². The van der Waals surface area contributed by atoms with Gasteiger partial charge >= 0.3 is 0 Å². The zero-order valence-electron chi connectivity index (χ0n) is 14.1. The van der Waals surface area contributed by atoms with Crippen LogP contribution in [0.2, 0.25) is 4.47 Å². The monoisotopic (exact) mass is 425 g/mol. The highest BCUT2D eigenvalue weighted by atomic mass is 35.5. The smallest absolute Gasteiger partial charge is 0.262 e. The normalized spacial score (nSPS) is 15.3. The van der Waals surface area contributed by atoms with Crippen LogP contribution in [0.5, 0.6) is 0 Å². The minimum Gasteiger partial charge on any atom is -0.301 e. The Labute approximate surface area is 166 Å². The van der Waals surface area contributed by atoms with Gasteiger partial charge in [0.25, 0.3) is 5.56 Å². The molecule has 3 aromatic heterocycles. The van der Waals surface area contributed by atoms with E-state index in [1.165, 1.54) is 6.42 Å². The van der Waals surface area contributed by atoms with E-state index in [4.69, 9.17) is 11.6 Å². The highest BCUT2D eigenvalue weighted by molar-refractivity contribution is 7.99. The molecule has 12 heteroatoms. The second-order valence-corrected chi connectivity index (χ2v) is 8.71. The van der Waals surface area contributed by atoms with Crippen LogP contribution in [0.25, 0.3) is 11.0 Å². The molecular formula is C15H16ClN7O2S2. The number of nitrogens with zero attached hydrogens (tertiary/aromatic N) is 5. The molecule has 0 aromatic carbocycles. The molecule has 1 aliphatic rings. The maximum Gasteiger partial charge on any atom is 0.262 e. The lowest BCUT2D eigenvalue weighted by Gasteiger charge is -2.22. The van der Waals surface area contributed by atoms with Crippen LogP contribution in [-0.4, -0.2) is 41.6 Å². The molecule has 0 bridgehead atoms. The fourth-order valence-corrected chi connectivity index (χ4v) is 4.52. The number of H-pyrrole nitrogens is 1. The summed E-state index contributed by atoms with van der Waals surface area (Å²) in [5.74, 6) is -0.209. The van der Waals surface area contributed by atoms with E-state index < -0.39 is 0 Å². The summed E-state index contributed by atoms with van der Waals surface area (Å²) in [6.07, 6.45) is 7.20. The number of aromatic nitrogens is 6. The Hall–Kier alpha value is -1.98. The summed E-state index contributed by atoms with van der Waals surface area (Å²) >= 11 is 7.91. The number of thioether (sulfide) groups is 1. The van der Waals surface area contributed by atoms with Crippen molar-refractivity contribution < 1.29 is 4.79 Å². The number of aromatic amines is 1. The van der Waals surface area contributed by atoms with Crippen molar-refractivity contribution in [3.63, 3.8) is 0 Å². The Morgan fingerprint density at radius 2 is 2.19 bits per heavy atom. The molecule has 0 spiro atoms. The molecule has 1 fully saturated rings. The van der Waals surface area contributed by atoms with Crippen molar-refractivity contribution in [3.8, 4) is 0 Å². The lowest BCUT2D eigenvalue weighted by atomic mass is 9.96. The largest absolute Gasteiger partial charge is 0.301 e. The van der Waals surface area contributed by atoms with Gasteiger partial charge in [-0.05, 0) is 24.4 Å². The summed E-state index contributed by atoms with van der Waals surface area (Å²) in [7, 11) is 0. The summed E-state index contributed by atoms with van der Waals surface area (Å²) in [6, 6.07) is 0.272. The molecule has 9 nitrogen and oxygen atoms in total. The minimum absolute atomic E-state index is 0.0726. The molecule has 0 atom stereocenters. The summed E-state index contributed by atoms with van der Waals surface area (Å²) in [6.45, 7) is 0. The van der Waals surface area contributed by atoms with Crippen LogP contribution in [0.3, 0.4) is 0 Å². The zero-order chi connectivity index (χ0) is 18.8. The molecule has 0 saturated heterocycles. The van der Waals surface area contributed by atoms with E-state index in [9.17, 15) is 9.59 Å². The number of hydrogen-bond acceptors (Lipinski definition) is 8. The third kappa shape index (κ3) is 4.14. The molecule has 1 aliphatic carbocycles. The van der Waals surface area contributed by atoms with Gasteiger partial charge in [0, 0.05) is 0 Å². The molecule has 3 heterocycles. The van der Waals surface area contributed by atoms with E-state index in [1.807, 2.05) is 4.68 Å². The number of nitrogens with one attached hydrogen (secondary N) is 2. The summed E-state index contributed by atoms with van der Waals surface area (Å²) in [5.41, 5.74) is 0.324. The zero-order valence-corrected chi connectivity index (χ0v) is 16.5. The van der Waals surface area contributed by atoms with Crippen LogP contribution < -0.4 is 10.9 Å². The average molecular weight is 426 g/mol. The van der Waals surface area contributed by atoms with Crippen LogP contribution in [0.1, 0.15) is 38.1 Å². The van der Waals surface area contributed by atoms with Gasteiger partial charge in [-0.15, -0.1) is 10.2 Å². The summed E-state index contributed by atoms with van der Waals surface area (Å²) in [4.78, 5) is 31.6. The van der Waals surface area contributed by atoms with E-state index in [1.54, 1.807) is 6.20 Å². The fraction of sp³-hybridized carbons (Fsp3) is 0.467. The number of rotatable bonds is 5. The van der Waals surface area contributed by atoms with Gasteiger partial charge in [0.1, 0.15) is 5.39 Å². The first-order valence-electron chi connectivity index (χ1n) is 8.49. The molecule has 2 N–H and O–H groups in total. The Kier molecular flexibility index (Phi) is 5.41. The number of hydrogen-bond donors (Lipinski definition) is 2. The Morgan fingerprint density at radius 3 is 2.93 bits per heavy atom. The Bertz CT molecular complexity index is 1020. The molecule has 3 aromatic rings. The molecule has 1 amide bonds. The molecule has 0 radical (unpaired) electrons. The first kappa shape index (κ1) is 18.4. The molecule has 27 heavy (non-hydrogen) atoms. The van der Waals surface area contributed by atoms with Gasteiger partial charge in [-0.25, -0.2) is 9.67 Å². The Morgan fingerprint density at radius 1 is 1.37 bits per heavy atom. The van der Waals surface area contributed by atoms with Crippen molar-refractivity contribution in [1.29, 1.82) is 0 Å². The fourth-order valence-electron chi connectivity index (χ4n) is 3.12. The quantitative estimate of drug-likeness (QED) is 0.476. The predicted molar refractivity (Wildman–Crippen MR) is 105 cm³/mol. The number of amides is 1.